The third-order valence-corrected chi connectivity index (χ3v) is 10.3. The Bertz CT molecular complexity index is 1510. The van der Waals surface area contributed by atoms with Crippen LogP contribution in [0.15, 0.2) is 18.2 Å². The second kappa shape index (κ2) is 13.9. The molecule has 11 heteroatoms. The van der Waals surface area contributed by atoms with Gasteiger partial charge in [-0.2, -0.15) is 0 Å². The maximum atomic E-state index is 14.3. The predicted molar refractivity (Wildman–Crippen MR) is 172 cm³/mol. The highest BCUT2D eigenvalue weighted by Crippen LogP contribution is 2.40. The third-order valence-electron chi connectivity index (χ3n) is 10.3. The lowest BCUT2D eigenvalue weighted by molar-refractivity contribution is 0.0351. The first-order chi connectivity index (χ1) is 22.5. The Balaban J connectivity index is 1.19. The van der Waals surface area contributed by atoms with Crippen molar-refractivity contribution in [1.82, 2.24) is 24.5 Å². The molecule has 0 atom stereocenters. The molecule has 3 saturated heterocycles. The normalized spacial score (nSPS) is 21.3. The molecule has 4 amide bonds. The Morgan fingerprint density at radius 2 is 1.00 bits per heavy atom. The fraction of sp³-hybridized carbons (Fsp3) is 0.600. The summed E-state index contributed by atoms with van der Waals surface area (Å²) in [6.07, 6.45) is 5.24. The number of rotatable bonds is 12. The minimum Gasteiger partial charge on any atom is -0.379 e. The lowest BCUT2D eigenvalue weighted by Crippen LogP contribution is -2.45. The number of carbonyl (C=O) groups is 4. The second-order valence-corrected chi connectivity index (χ2v) is 13.2. The SMILES string of the molecule is O=C1c2ccc3c4c(c(CCCN5CCCC5)cc(c24)C(=O)N1CCCN1CCOCC1)C(=O)N(CCCN1CCOCC1)C3=O. The first kappa shape index (κ1) is 31.4. The fourth-order valence-electron chi connectivity index (χ4n) is 7.80. The van der Waals surface area contributed by atoms with Gasteiger partial charge in [0.25, 0.3) is 23.6 Å². The molecule has 11 nitrogen and oxygen atoms in total. The average Bonchev–Trinajstić information content (AvgIpc) is 3.60. The highest BCUT2D eigenvalue weighted by Gasteiger charge is 2.41. The van der Waals surface area contributed by atoms with Crippen molar-refractivity contribution >= 4 is 34.4 Å². The molecule has 5 heterocycles. The van der Waals surface area contributed by atoms with Crippen LogP contribution < -0.4 is 0 Å². The van der Waals surface area contributed by atoms with Crippen molar-refractivity contribution in [3.8, 4) is 0 Å². The summed E-state index contributed by atoms with van der Waals surface area (Å²) in [7, 11) is 0. The summed E-state index contributed by atoms with van der Waals surface area (Å²) in [5.74, 6) is -1.35. The van der Waals surface area contributed by atoms with E-state index in [9.17, 15) is 19.2 Å². The zero-order chi connectivity index (χ0) is 31.6. The van der Waals surface area contributed by atoms with E-state index in [4.69, 9.17) is 9.47 Å². The first-order valence-corrected chi connectivity index (χ1v) is 17.2. The zero-order valence-electron chi connectivity index (χ0n) is 26.8. The summed E-state index contributed by atoms with van der Waals surface area (Å²) in [5, 5.41) is 0.949. The first-order valence-electron chi connectivity index (χ1n) is 17.2. The van der Waals surface area contributed by atoms with E-state index in [1.165, 1.54) is 22.6 Å². The van der Waals surface area contributed by atoms with Crippen molar-refractivity contribution in [2.75, 3.05) is 98.4 Å². The number of amides is 4. The lowest BCUT2D eigenvalue weighted by Gasteiger charge is -2.34. The number of benzene rings is 2. The largest absolute Gasteiger partial charge is 0.379 e. The van der Waals surface area contributed by atoms with E-state index < -0.39 is 0 Å². The molecule has 46 heavy (non-hydrogen) atoms. The van der Waals surface area contributed by atoms with E-state index in [1.54, 1.807) is 12.1 Å². The van der Waals surface area contributed by atoms with Crippen molar-refractivity contribution in [3.05, 3.63) is 46.0 Å². The Morgan fingerprint density at radius 3 is 1.59 bits per heavy atom. The Labute approximate surface area is 270 Å². The molecule has 0 unspecified atom stereocenters. The maximum absolute atomic E-state index is 14.3. The number of carbonyl (C=O) groups excluding carboxylic acids is 4. The number of ether oxygens (including phenoxy) is 2. The van der Waals surface area contributed by atoms with E-state index in [0.717, 1.165) is 70.9 Å². The summed E-state index contributed by atoms with van der Waals surface area (Å²) in [6.45, 7) is 11.5. The third kappa shape index (κ3) is 6.11. The van der Waals surface area contributed by atoms with E-state index in [-0.39, 0.29) is 23.6 Å². The quantitative estimate of drug-likeness (QED) is 0.327. The number of likely N-dealkylation sites (tertiary alicyclic amines) is 1. The second-order valence-electron chi connectivity index (χ2n) is 13.2. The summed E-state index contributed by atoms with van der Waals surface area (Å²) in [5.41, 5.74) is 2.52. The Kier molecular flexibility index (Phi) is 9.46. The Hall–Kier alpha value is -3.22. The van der Waals surface area contributed by atoms with Crippen LogP contribution >= 0.6 is 0 Å². The summed E-state index contributed by atoms with van der Waals surface area (Å²) in [4.78, 5) is 65.8. The molecule has 0 bridgehead atoms. The maximum Gasteiger partial charge on any atom is 0.261 e. The summed E-state index contributed by atoms with van der Waals surface area (Å²) < 4.78 is 10.9. The molecule has 5 aliphatic rings. The van der Waals surface area contributed by atoms with Gasteiger partial charge in [-0.05, 0) is 81.9 Å². The minimum absolute atomic E-state index is 0.313. The molecular weight excluding hydrogens is 586 g/mol. The lowest BCUT2D eigenvalue weighted by atomic mass is 9.82. The van der Waals surface area contributed by atoms with Gasteiger partial charge < -0.3 is 14.4 Å². The molecule has 0 radical (unpaired) electrons. The molecule has 0 aromatic heterocycles. The Morgan fingerprint density at radius 1 is 0.522 bits per heavy atom. The topological polar surface area (TPSA) is 103 Å². The molecule has 5 aliphatic heterocycles. The number of hydrogen-bond donors (Lipinski definition) is 0. The van der Waals surface area contributed by atoms with E-state index in [1.807, 2.05) is 6.07 Å². The van der Waals surface area contributed by atoms with Crippen molar-refractivity contribution in [3.63, 3.8) is 0 Å². The van der Waals surface area contributed by atoms with Crippen LogP contribution in [0.1, 0.15) is 79.1 Å². The molecule has 3 fully saturated rings. The van der Waals surface area contributed by atoms with Crippen LogP contribution in [0.3, 0.4) is 0 Å². The molecule has 7 rings (SSSR count). The van der Waals surface area contributed by atoms with Crippen LogP contribution in [0.25, 0.3) is 10.8 Å². The molecule has 0 spiro atoms. The van der Waals surface area contributed by atoms with Crippen LogP contribution in [-0.4, -0.2) is 147 Å². The molecular formula is C35H45N5O6. The van der Waals surface area contributed by atoms with Gasteiger partial charge in [-0.3, -0.25) is 38.8 Å². The van der Waals surface area contributed by atoms with E-state index in [2.05, 4.69) is 14.7 Å². The van der Waals surface area contributed by atoms with Gasteiger partial charge in [0, 0.05) is 79.8 Å². The van der Waals surface area contributed by atoms with Gasteiger partial charge >= 0.3 is 0 Å². The molecule has 0 saturated carbocycles. The minimum atomic E-state index is -0.355. The number of nitrogens with zero attached hydrogens (tertiary/aromatic N) is 5. The van der Waals surface area contributed by atoms with Crippen LogP contribution in [-0.2, 0) is 15.9 Å². The molecule has 2 aromatic carbocycles. The van der Waals surface area contributed by atoms with Gasteiger partial charge in [-0.15, -0.1) is 0 Å². The van der Waals surface area contributed by atoms with Crippen LogP contribution in [0, 0.1) is 0 Å². The number of aryl methyl sites for hydroxylation is 1. The zero-order valence-corrected chi connectivity index (χ0v) is 26.8. The summed E-state index contributed by atoms with van der Waals surface area (Å²) in [6, 6.07) is 5.24. The number of hydrogen-bond acceptors (Lipinski definition) is 9. The molecule has 2 aromatic rings. The van der Waals surface area contributed by atoms with E-state index in [0.29, 0.717) is 91.8 Å². The monoisotopic (exact) mass is 631 g/mol. The van der Waals surface area contributed by atoms with Gasteiger partial charge in [0.2, 0.25) is 0 Å². The highest BCUT2D eigenvalue weighted by atomic mass is 16.5. The van der Waals surface area contributed by atoms with E-state index >= 15 is 0 Å². The van der Waals surface area contributed by atoms with Crippen molar-refractivity contribution < 1.29 is 28.7 Å². The summed E-state index contributed by atoms with van der Waals surface area (Å²) >= 11 is 0. The van der Waals surface area contributed by atoms with Crippen molar-refractivity contribution in [1.29, 1.82) is 0 Å². The van der Waals surface area contributed by atoms with Gasteiger partial charge in [0.1, 0.15) is 0 Å². The predicted octanol–water partition coefficient (Wildman–Crippen LogP) is 2.50. The molecule has 0 aliphatic carbocycles. The van der Waals surface area contributed by atoms with Crippen LogP contribution in [0.5, 0.6) is 0 Å². The molecule has 246 valence electrons. The smallest absolute Gasteiger partial charge is 0.261 e. The van der Waals surface area contributed by atoms with Gasteiger partial charge in [-0.1, -0.05) is 0 Å². The van der Waals surface area contributed by atoms with Gasteiger partial charge in [0.15, 0.2) is 0 Å². The average molecular weight is 632 g/mol. The standard InChI is InChI=1S/C35H45N5O6/c41-32-26-7-8-27-31-29(35(44)40(33(27)42)15-5-13-38-18-22-46-23-19-38)25(6-3-11-36-9-1-2-10-36)24-28(30(26)31)34(43)39(32)14-4-12-37-16-20-45-21-17-37/h7-8,24H,1-6,9-23H2. The van der Waals surface area contributed by atoms with Crippen LogP contribution in [0.2, 0.25) is 0 Å². The molecule has 0 N–H and O–H groups in total. The van der Waals surface area contributed by atoms with Crippen LogP contribution in [0.4, 0.5) is 0 Å². The number of morpholine rings is 2. The van der Waals surface area contributed by atoms with Crippen molar-refractivity contribution in [2.45, 2.75) is 38.5 Å². The van der Waals surface area contributed by atoms with Gasteiger partial charge in [0.05, 0.1) is 32.0 Å². The fourth-order valence-corrected chi connectivity index (χ4v) is 7.80. The van der Waals surface area contributed by atoms with Gasteiger partial charge in [-0.25, -0.2) is 0 Å². The van der Waals surface area contributed by atoms with Crippen molar-refractivity contribution in [2.24, 2.45) is 0 Å². The highest BCUT2D eigenvalue weighted by molar-refractivity contribution is 6.33. The number of imide groups is 2.